The van der Waals surface area contributed by atoms with Gasteiger partial charge in [-0.25, -0.2) is 4.98 Å². The van der Waals surface area contributed by atoms with Crippen molar-refractivity contribution >= 4 is 33.7 Å². The van der Waals surface area contributed by atoms with Gasteiger partial charge < -0.3 is 20.9 Å². The first-order valence-corrected chi connectivity index (χ1v) is 7.60. The van der Waals surface area contributed by atoms with Gasteiger partial charge in [0.25, 0.3) is 0 Å². The Morgan fingerprint density at radius 2 is 1.85 bits per heavy atom. The summed E-state index contributed by atoms with van der Waals surface area (Å²) in [6.07, 6.45) is 0. The summed E-state index contributed by atoms with van der Waals surface area (Å²) in [5.74, 6) is 0.562. The van der Waals surface area contributed by atoms with E-state index in [4.69, 9.17) is 5.73 Å². The highest BCUT2D eigenvalue weighted by Crippen LogP contribution is 2.24. The third kappa shape index (κ3) is 3.02. The first-order chi connectivity index (χ1) is 9.70. The summed E-state index contributed by atoms with van der Waals surface area (Å²) in [6.45, 7) is 4.43. The number of hydrogen-bond acceptors (Lipinski definition) is 6. The fraction of sp³-hybridized carbons (Fsp3) is 0.357. The largest absolute Gasteiger partial charge is 0.383 e. The first-order valence-electron chi connectivity index (χ1n) is 6.72. The highest BCUT2D eigenvalue weighted by Gasteiger charge is 2.13. The van der Waals surface area contributed by atoms with Crippen LogP contribution in [-0.2, 0) is 0 Å². The van der Waals surface area contributed by atoms with Crippen molar-refractivity contribution in [1.82, 2.24) is 9.88 Å². The van der Waals surface area contributed by atoms with Gasteiger partial charge in [0.2, 0.25) is 0 Å². The monoisotopic (exact) mass is 289 g/mol. The summed E-state index contributed by atoms with van der Waals surface area (Å²) >= 11 is 1.51. The van der Waals surface area contributed by atoms with Crippen molar-refractivity contribution in [2.45, 2.75) is 0 Å². The predicted molar refractivity (Wildman–Crippen MR) is 86.0 cm³/mol. The average Bonchev–Trinajstić information content (AvgIpc) is 2.86. The Bertz CT molecular complexity index is 557. The summed E-state index contributed by atoms with van der Waals surface area (Å²) in [5, 5.41) is 5.93. The molecule has 1 aromatic heterocycles. The lowest BCUT2D eigenvalue weighted by Crippen LogP contribution is -2.44. The second kappa shape index (κ2) is 5.68. The third-order valence-corrected chi connectivity index (χ3v) is 4.28. The zero-order chi connectivity index (χ0) is 13.9. The molecule has 2 heterocycles. The van der Waals surface area contributed by atoms with Crippen molar-refractivity contribution in [3.05, 3.63) is 29.6 Å². The van der Waals surface area contributed by atoms with Crippen LogP contribution < -0.4 is 16.0 Å². The number of nitrogens with two attached hydrogens (primary N) is 1. The van der Waals surface area contributed by atoms with Gasteiger partial charge in [-0.3, -0.25) is 0 Å². The van der Waals surface area contributed by atoms with Crippen LogP contribution in [0.25, 0.3) is 0 Å². The number of hydrogen-bond donors (Lipinski definition) is 2. The minimum Gasteiger partial charge on any atom is -0.383 e. The number of nitrogen functional groups attached to an aromatic ring is 1. The first kappa shape index (κ1) is 13.2. The zero-order valence-electron chi connectivity index (χ0n) is 11.5. The van der Waals surface area contributed by atoms with Crippen LogP contribution in [0.3, 0.4) is 0 Å². The normalized spacial score (nSPS) is 16.4. The second-order valence-electron chi connectivity index (χ2n) is 5.04. The lowest BCUT2D eigenvalue weighted by atomic mass is 10.2. The van der Waals surface area contributed by atoms with Crippen LogP contribution in [0.2, 0.25) is 0 Å². The number of anilines is 4. The smallest absolute Gasteiger partial charge is 0.189 e. The number of nitrogens with one attached hydrogen (secondary N) is 1. The van der Waals surface area contributed by atoms with E-state index in [1.807, 2.05) is 5.38 Å². The maximum absolute atomic E-state index is 5.61. The molecule has 0 spiro atoms. The number of piperazine rings is 1. The molecule has 6 heteroatoms. The van der Waals surface area contributed by atoms with E-state index in [1.54, 1.807) is 0 Å². The van der Waals surface area contributed by atoms with Crippen LogP contribution in [0.4, 0.5) is 22.3 Å². The standard InChI is InChI=1S/C14H19N5S/c1-18-6-8-19(9-7-18)12-4-2-11(3-5-12)16-14-17-13(15)10-20-14/h2-5,10H,6-9,15H2,1H3,(H,16,17). The molecule has 3 N–H and O–H groups in total. The Morgan fingerprint density at radius 3 is 2.45 bits per heavy atom. The Balaban J connectivity index is 1.65. The van der Waals surface area contributed by atoms with Crippen molar-refractivity contribution in [3.63, 3.8) is 0 Å². The van der Waals surface area contributed by atoms with Gasteiger partial charge >= 0.3 is 0 Å². The topological polar surface area (TPSA) is 57.4 Å². The summed E-state index contributed by atoms with van der Waals surface area (Å²) in [5.41, 5.74) is 7.93. The molecule has 0 amide bonds. The number of benzene rings is 1. The number of rotatable bonds is 3. The third-order valence-electron chi connectivity index (χ3n) is 3.51. The van der Waals surface area contributed by atoms with Crippen molar-refractivity contribution in [2.75, 3.05) is 49.2 Å². The van der Waals surface area contributed by atoms with Crippen LogP contribution in [0.5, 0.6) is 0 Å². The van der Waals surface area contributed by atoms with Crippen molar-refractivity contribution < 1.29 is 0 Å². The summed E-state index contributed by atoms with van der Waals surface area (Å²) in [4.78, 5) is 8.98. The molecule has 1 aliphatic heterocycles. The van der Waals surface area contributed by atoms with E-state index in [0.29, 0.717) is 5.82 Å². The Hall–Kier alpha value is -1.79. The van der Waals surface area contributed by atoms with E-state index in [-0.39, 0.29) is 0 Å². The van der Waals surface area contributed by atoms with Crippen LogP contribution in [-0.4, -0.2) is 43.1 Å². The second-order valence-corrected chi connectivity index (χ2v) is 5.90. The van der Waals surface area contributed by atoms with Crippen LogP contribution in [0.1, 0.15) is 0 Å². The van der Waals surface area contributed by atoms with Crippen molar-refractivity contribution in [3.8, 4) is 0 Å². The molecule has 0 radical (unpaired) electrons. The average molecular weight is 289 g/mol. The summed E-state index contributed by atoms with van der Waals surface area (Å²) in [7, 11) is 2.17. The van der Waals surface area contributed by atoms with Gasteiger partial charge in [-0.15, -0.1) is 11.3 Å². The minimum absolute atomic E-state index is 0.562. The molecule has 0 bridgehead atoms. The molecule has 1 saturated heterocycles. The Kier molecular flexibility index (Phi) is 3.75. The molecule has 106 valence electrons. The molecule has 0 atom stereocenters. The van der Waals surface area contributed by atoms with E-state index in [0.717, 1.165) is 37.0 Å². The van der Waals surface area contributed by atoms with Gasteiger partial charge in [0, 0.05) is 42.9 Å². The molecular weight excluding hydrogens is 270 g/mol. The number of aromatic nitrogens is 1. The van der Waals surface area contributed by atoms with Crippen LogP contribution in [0, 0.1) is 0 Å². The highest BCUT2D eigenvalue weighted by atomic mass is 32.1. The molecule has 3 rings (SSSR count). The molecule has 0 saturated carbocycles. The lowest BCUT2D eigenvalue weighted by molar-refractivity contribution is 0.313. The van der Waals surface area contributed by atoms with E-state index >= 15 is 0 Å². The quantitative estimate of drug-likeness (QED) is 0.907. The van der Waals surface area contributed by atoms with E-state index in [1.165, 1.54) is 17.0 Å². The molecule has 1 aliphatic rings. The molecule has 1 aromatic carbocycles. The molecule has 1 fully saturated rings. The fourth-order valence-electron chi connectivity index (χ4n) is 2.29. The molecule has 5 nitrogen and oxygen atoms in total. The number of nitrogens with zero attached hydrogens (tertiary/aromatic N) is 3. The molecule has 0 aliphatic carbocycles. The van der Waals surface area contributed by atoms with Gasteiger partial charge in [0.15, 0.2) is 5.13 Å². The van der Waals surface area contributed by atoms with Crippen LogP contribution in [0.15, 0.2) is 29.6 Å². The summed E-state index contributed by atoms with van der Waals surface area (Å²) < 4.78 is 0. The van der Waals surface area contributed by atoms with E-state index < -0.39 is 0 Å². The lowest BCUT2D eigenvalue weighted by Gasteiger charge is -2.34. The number of thiazole rings is 1. The molecular formula is C14H19N5S. The zero-order valence-corrected chi connectivity index (χ0v) is 12.4. The van der Waals surface area contributed by atoms with Crippen molar-refractivity contribution in [1.29, 1.82) is 0 Å². The van der Waals surface area contributed by atoms with Gasteiger partial charge in [-0.1, -0.05) is 0 Å². The molecule has 0 unspecified atom stereocenters. The SMILES string of the molecule is CN1CCN(c2ccc(Nc3nc(N)cs3)cc2)CC1. The maximum Gasteiger partial charge on any atom is 0.189 e. The van der Waals surface area contributed by atoms with Gasteiger partial charge in [0.1, 0.15) is 5.82 Å². The predicted octanol–water partition coefficient (Wildman–Crippen LogP) is 2.22. The molecule has 20 heavy (non-hydrogen) atoms. The Morgan fingerprint density at radius 1 is 1.15 bits per heavy atom. The van der Waals surface area contributed by atoms with Crippen molar-refractivity contribution in [2.24, 2.45) is 0 Å². The van der Waals surface area contributed by atoms with E-state index in [9.17, 15) is 0 Å². The van der Waals surface area contributed by atoms with Gasteiger partial charge in [-0.05, 0) is 31.3 Å². The molecule has 2 aromatic rings. The minimum atomic E-state index is 0.562. The van der Waals surface area contributed by atoms with Gasteiger partial charge in [-0.2, -0.15) is 0 Å². The van der Waals surface area contributed by atoms with Gasteiger partial charge in [0.05, 0.1) is 0 Å². The van der Waals surface area contributed by atoms with E-state index in [2.05, 4.69) is 51.4 Å². The summed E-state index contributed by atoms with van der Waals surface area (Å²) in [6, 6.07) is 8.49. The fourth-order valence-corrected chi connectivity index (χ4v) is 2.91. The maximum atomic E-state index is 5.61. The Labute approximate surface area is 123 Å². The van der Waals surface area contributed by atoms with Crippen LogP contribution >= 0.6 is 11.3 Å². The highest BCUT2D eigenvalue weighted by molar-refractivity contribution is 7.14. The number of likely N-dealkylation sites (N-methyl/N-ethyl adjacent to an activating group) is 1.